The van der Waals surface area contributed by atoms with Gasteiger partial charge in [0.05, 0.1) is 6.61 Å². The van der Waals surface area contributed by atoms with Gasteiger partial charge in [-0.1, -0.05) is 6.07 Å². The van der Waals surface area contributed by atoms with Gasteiger partial charge >= 0.3 is 6.47 Å². The molecule has 1 rings (SSSR count). The molecular weight excluding hydrogens is 160 g/mol. The van der Waals surface area contributed by atoms with Gasteiger partial charge in [0, 0.05) is 4.88 Å². The van der Waals surface area contributed by atoms with E-state index in [4.69, 9.17) is 0 Å². The smallest absolute Gasteiger partial charge is 0.417 e. The van der Waals surface area contributed by atoms with Crippen LogP contribution in [-0.2, 0) is 16.0 Å². The first-order valence-electron chi connectivity index (χ1n) is 3.45. The summed E-state index contributed by atoms with van der Waals surface area (Å²) in [7, 11) is 0. The summed E-state index contributed by atoms with van der Waals surface area (Å²) < 4.78 is 4.43. The molecule has 0 saturated heterocycles. The summed E-state index contributed by atoms with van der Waals surface area (Å²) in [6.45, 7) is 1.87. The highest BCUT2D eigenvalue weighted by Gasteiger charge is 1.92. The second-order valence-electron chi connectivity index (χ2n) is 2.11. The Balaban J connectivity index is 2.09. The first kappa shape index (κ1) is 8.27. The molecule has 2 nitrogen and oxygen atoms in total. The molecule has 0 bridgehead atoms. The number of aryl methyl sites for hydroxylation is 1. The zero-order chi connectivity index (χ0) is 7.94. The highest BCUT2D eigenvalue weighted by molar-refractivity contribution is 7.09. The normalized spacial score (nSPS) is 9.45. The summed E-state index contributed by atoms with van der Waals surface area (Å²) in [4.78, 5) is 11.0. The van der Waals surface area contributed by atoms with Crippen LogP contribution in [0.4, 0.5) is 0 Å². The van der Waals surface area contributed by atoms with Gasteiger partial charge in [-0.2, -0.15) is 0 Å². The lowest BCUT2D eigenvalue weighted by Gasteiger charge is -1.94. The van der Waals surface area contributed by atoms with E-state index in [1.807, 2.05) is 11.4 Å². The summed E-state index contributed by atoms with van der Waals surface area (Å²) in [6.07, 6.45) is 1.87. The molecule has 0 N–H and O–H groups in total. The summed E-state index contributed by atoms with van der Waals surface area (Å²) in [5.74, 6) is 0. The van der Waals surface area contributed by atoms with E-state index in [1.165, 1.54) is 11.3 Å². The Morgan fingerprint density at radius 2 is 2.55 bits per heavy atom. The second-order valence-corrected chi connectivity index (χ2v) is 3.15. The van der Waals surface area contributed by atoms with Crippen molar-refractivity contribution in [1.82, 2.24) is 0 Å². The van der Waals surface area contributed by atoms with Crippen LogP contribution in [0.15, 0.2) is 17.5 Å². The van der Waals surface area contributed by atoms with E-state index in [0.717, 1.165) is 12.8 Å². The number of thiophene rings is 1. The SMILES string of the molecule is O=[C]OCCCc1cccs1. The molecule has 0 aliphatic heterocycles. The molecular formula is C8H9O2S. The Kier molecular flexibility index (Phi) is 3.69. The first-order chi connectivity index (χ1) is 5.43. The lowest BCUT2D eigenvalue weighted by atomic mass is 10.3. The Bertz CT molecular complexity index is 194. The van der Waals surface area contributed by atoms with E-state index >= 15 is 0 Å². The summed E-state index contributed by atoms with van der Waals surface area (Å²) in [5.41, 5.74) is 0. The molecule has 1 radical (unpaired) electrons. The van der Waals surface area contributed by atoms with Gasteiger partial charge in [0.2, 0.25) is 0 Å². The van der Waals surface area contributed by atoms with Crippen molar-refractivity contribution in [2.24, 2.45) is 0 Å². The molecule has 0 aromatic carbocycles. The number of ether oxygens (including phenoxy) is 1. The van der Waals surface area contributed by atoms with Gasteiger partial charge in [-0.25, -0.2) is 4.79 Å². The Morgan fingerprint density at radius 3 is 3.18 bits per heavy atom. The van der Waals surface area contributed by atoms with Gasteiger partial charge in [-0.05, 0) is 24.3 Å². The molecule has 0 fully saturated rings. The fraction of sp³-hybridized carbons (Fsp3) is 0.375. The summed E-state index contributed by atoms with van der Waals surface area (Å²) >= 11 is 1.73. The molecule has 0 aliphatic rings. The van der Waals surface area contributed by atoms with Crippen LogP contribution >= 0.6 is 11.3 Å². The Hall–Kier alpha value is -0.830. The molecule has 0 atom stereocenters. The topological polar surface area (TPSA) is 26.3 Å². The van der Waals surface area contributed by atoms with E-state index in [9.17, 15) is 4.79 Å². The van der Waals surface area contributed by atoms with Crippen LogP contribution < -0.4 is 0 Å². The van der Waals surface area contributed by atoms with Gasteiger partial charge in [0.15, 0.2) is 0 Å². The van der Waals surface area contributed by atoms with Crippen molar-refractivity contribution in [3.05, 3.63) is 22.4 Å². The van der Waals surface area contributed by atoms with Gasteiger partial charge in [0.1, 0.15) is 0 Å². The van der Waals surface area contributed by atoms with Crippen molar-refractivity contribution in [3.8, 4) is 0 Å². The lowest BCUT2D eigenvalue weighted by Crippen LogP contribution is -1.92. The van der Waals surface area contributed by atoms with Crippen LogP contribution in [0.25, 0.3) is 0 Å². The molecule has 0 unspecified atom stereocenters. The van der Waals surface area contributed by atoms with Gasteiger partial charge in [-0.3, -0.25) is 0 Å². The largest absolute Gasteiger partial charge is 0.457 e. The van der Waals surface area contributed by atoms with Crippen LogP contribution in [0.2, 0.25) is 0 Å². The summed E-state index contributed by atoms with van der Waals surface area (Å²) in [6, 6.07) is 4.10. The van der Waals surface area contributed by atoms with Crippen molar-refractivity contribution in [3.63, 3.8) is 0 Å². The monoisotopic (exact) mass is 169 g/mol. The standard InChI is InChI=1S/C8H9O2S/c9-7-10-5-1-3-8-4-2-6-11-8/h2,4,6H,1,3,5H2. The molecule has 1 heterocycles. The predicted octanol–water partition coefficient (Wildman–Crippen LogP) is 1.76. The van der Waals surface area contributed by atoms with Crippen molar-refractivity contribution < 1.29 is 9.53 Å². The van der Waals surface area contributed by atoms with Crippen LogP contribution in [0, 0.1) is 0 Å². The lowest BCUT2D eigenvalue weighted by molar-refractivity contribution is 0.273. The van der Waals surface area contributed by atoms with E-state index in [0.29, 0.717) is 6.61 Å². The highest BCUT2D eigenvalue weighted by Crippen LogP contribution is 2.10. The van der Waals surface area contributed by atoms with E-state index in [-0.39, 0.29) is 0 Å². The molecule has 0 spiro atoms. The highest BCUT2D eigenvalue weighted by atomic mass is 32.1. The van der Waals surface area contributed by atoms with Crippen molar-refractivity contribution in [1.29, 1.82) is 0 Å². The fourth-order valence-corrected chi connectivity index (χ4v) is 1.57. The van der Waals surface area contributed by atoms with Gasteiger partial charge in [-0.15, -0.1) is 11.3 Å². The third-order valence-electron chi connectivity index (χ3n) is 1.31. The Morgan fingerprint density at radius 1 is 1.64 bits per heavy atom. The zero-order valence-corrected chi connectivity index (χ0v) is 6.89. The minimum Gasteiger partial charge on any atom is -0.457 e. The second kappa shape index (κ2) is 4.91. The average Bonchev–Trinajstić information content (AvgIpc) is 2.50. The van der Waals surface area contributed by atoms with E-state index < -0.39 is 0 Å². The molecule has 11 heavy (non-hydrogen) atoms. The van der Waals surface area contributed by atoms with Crippen LogP contribution in [0.1, 0.15) is 11.3 Å². The van der Waals surface area contributed by atoms with Crippen LogP contribution in [-0.4, -0.2) is 13.1 Å². The minimum atomic E-state index is 0.474. The maximum absolute atomic E-state index is 9.62. The van der Waals surface area contributed by atoms with Gasteiger partial charge < -0.3 is 4.74 Å². The zero-order valence-electron chi connectivity index (χ0n) is 6.08. The third-order valence-corrected chi connectivity index (χ3v) is 2.24. The molecule has 0 aliphatic carbocycles. The molecule has 59 valence electrons. The summed E-state index contributed by atoms with van der Waals surface area (Å²) in [5, 5.41) is 2.04. The quantitative estimate of drug-likeness (QED) is 0.628. The van der Waals surface area contributed by atoms with E-state index in [1.54, 1.807) is 11.3 Å². The van der Waals surface area contributed by atoms with E-state index in [2.05, 4.69) is 10.8 Å². The average molecular weight is 169 g/mol. The van der Waals surface area contributed by atoms with Crippen LogP contribution in [0.5, 0.6) is 0 Å². The molecule has 1 aromatic heterocycles. The van der Waals surface area contributed by atoms with Crippen molar-refractivity contribution in [2.45, 2.75) is 12.8 Å². The van der Waals surface area contributed by atoms with Gasteiger partial charge in [0.25, 0.3) is 0 Å². The predicted molar refractivity (Wildman–Crippen MR) is 44.3 cm³/mol. The number of rotatable bonds is 5. The minimum absolute atomic E-state index is 0.474. The van der Waals surface area contributed by atoms with Crippen molar-refractivity contribution >= 4 is 17.8 Å². The maximum Gasteiger partial charge on any atom is 0.417 e. The fourth-order valence-electron chi connectivity index (χ4n) is 0.815. The molecule has 3 heteroatoms. The molecule has 0 saturated carbocycles. The molecule has 0 amide bonds. The number of hydrogen-bond acceptors (Lipinski definition) is 3. The third kappa shape index (κ3) is 3.18. The number of carbonyl (C=O) groups excluding carboxylic acids is 1. The first-order valence-corrected chi connectivity index (χ1v) is 4.33. The van der Waals surface area contributed by atoms with Crippen molar-refractivity contribution in [2.75, 3.05) is 6.61 Å². The van der Waals surface area contributed by atoms with Crippen LogP contribution in [0.3, 0.4) is 0 Å². The number of hydrogen-bond donors (Lipinski definition) is 0. The molecule has 1 aromatic rings. The Labute approximate surface area is 69.8 Å². The maximum atomic E-state index is 9.62.